The third kappa shape index (κ3) is 5.75. The van der Waals surface area contributed by atoms with E-state index in [0.29, 0.717) is 40.1 Å². The number of hydrogen-bond acceptors (Lipinski definition) is 5. The maximum absolute atomic E-state index is 12.3. The highest BCUT2D eigenvalue weighted by atomic mass is 35.5. The smallest absolute Gasteiger partial charge is 0.230 e. The highest BCUT2D eigenvalue weighted by molar-refractivity contribution is 7.99. The summed E-state index contributed by atoms with van der Waals surface area (Å²) in [5.41, 5.74) is 0. The van der Waals surface area contributed by atoms with E-state index >= 15 is 0 Å². The van der Waals surface area contributed by atoms with Gasteiger partial charge in [0.1, 0.15) is 12.4 Å². The monoisotopic (exact) mass is 420 g/mol. The Labute approximate surface area is 174 Å². The first-order valence-electron chi connectivity index (χ1n) is 9.50. The molecule has 28 heavy (non-hydrogen) atoms. The lowest BCUT2D eigenvalue weighted by Crippen LogP contribution is -2.37. The minimum absolute atomic E-state index is 0.0407. The predicted octanol–water partition coefficient (Wildman–Crippen LogP) is 4.24. The average Bonchev–Trinajstić information content (AvgIpc) is 3.08. The summed E-state index contributed by atoms with van der Waals surface area (Å²) in [5.74, 6) is 1.62. The zero-order chi connectivity index (χ0) is 19.8. The topological polar surface area (TPSA) is 69.0 Å². The number of hydrogen-bond donors (Lipinski definition) is 1. The van der Waals surface area contributed by atoms with Crippen molar-refractivity contribution in [1.82, 2.24) is 20.1 Å². The van der Waals surface area contributed by atoms with Crippen LogP contribution in [0.5, 0.6) is 5.75 Å². The lowest BCUT2D eigenvalue weighted by atomic mass is 9.95. The molecule has 0 atom stereocenters. The highest BCUT2D eigenvalue weighted by Gasteiger charge is 2.18. The lowest BCUT2D eigenvalue weighted by molar-refractivity contribution is -0.119. The van der Waals surface area contributed by atoms with E-state index in [2.05, 4.69) is 22.1 Å². The van der Waals surface area contributed by atoms with Gasteiger partial charge in [0.25, 0.3) is 0 Å². The summed E-state index contributed by atoms with van der Waals surface area (Å²) in [6.07, 6.45) is 7.58. The van der Waals surface area contributed by atoms with E-state index in [9.17, 15) is 4.79 Å². The fourth-order valence-electron chi connectivity index (χ4n) is 3.20. The van der Waals surface area contributed by atoms with Crippen molar-refractivity contribution in [3.8, 4) is 5.75 Å². The molecule has 6 nitrogen and oxygen atoms in total. The molecule has 0 unspecified atom stereocenters. The minimum Gasteiger partial charge on any atom is -0.484 e. The van der Waals surface area contributed by atoms with E-state index in [1.165, 1.54) is 31.0 Å². The molecule has 1 saturated carbocycles. The first kappa shape index (κ1) is 20.7. The predicted molar refractivity (Wildman–Crippen MR) is 112 cm³/mol. The Hall–Kier alpha value is -1.99. The first-order chi connectivity index (χ1) is 13.7. The van der Waals surface area contributed by atoms with Crippen LogP contribution < -0.4 is 10.1 Å². The van der Waals surface area contributed by atoms with Gasteiger partial charge in [0, 0.05) is 12.6 Å². The number of carbonyl (C=O) groups is 1. The number of carbonyl (C=O) groups excluding carboxylic acids is 1. The SMILES string of the molecule is C=CCn1c(COc2ccccc2Cl)nnc1SCC(=O)NC1CCCCC1. The molecule has 1 aromatic carbocycles. The number of amides is 1. The Kier molecular flexibility index (Phi) is 7.80. The molecule has 1 amide bonds. The van der Waals surface area contributed by atoms with Gasteiger partial charge in [-0.05, 0) is 25.0 Å². The lowest BCUT2D eigenvalue weighted by Gasteiger charge is -2.22. The average molecular weight is 421 g/mol. The van der Waals surface area contributed by atoms with Crippen LogP contribution in [0.3, 0.4) is 0 Å². The van der Waals surface area contributed by atoms with E-state index in [-0.39, 0.29) is 12.5 Å². The normalized spacial score (nSPS) is 14.6. The molecular weight excluding hydrogens is 396 g/mol. The third-order valence-electron chi connectivity index (χ3n) is 4.60. The number of thioether (sulfide) groups is 1. The summed E-state index contributed by atoms with van der Waals surface area (Å²) in [7, 11) is 0. The summed E-state index contributed by atoms with van der Waals surface area (Å²) in [4.78, 5) is 12.3. The van der Waals surface area contributed by atoms with E-state index in [4.69, 9.17) is 16.3 Å². The van der Waals surface area contributed by atoms with Gasteiger partial charge in [0.2, 0.25) is 5.91 Å². The van der Waals surface area contributed by atoms with Crippen LogP contribution >= 0.6 is 23.4 Å². The summed E-state index contributed by atoms with van der Waals surface area (Å²) in [6, 6.07) is 7.61. The molecule has 1 fully saturated rings. The highest BCUT2D eigenvalue weighted by Crippen LogP contribution is 2.25. The molecular formula is C20H25ClN4O2S. The van der Waals surface area contributed by atoms with Gasteiger partial charge in [-0.25, -0.2) is 0 Å². The molecule has 0 aliphatic heterocycles. The van der Waals surface area contributed by atoms with Crippen molar-refractivity contribution in [3.05, 3.63) is 47.8 Å². The van der Waals surface area contributed by atoms with Crippen molar-refractivity contribution in [2.45, 2.75) is 56.5 Å². The van der Waals surface area contributed by atoms with Gasteiger partial charge in [-0.1, -0.05) is 60.8 Å². The number of nitrogens with one attached hydrogen (secondary N) is 1. The number of halogens is 1. The fraction of sp³-hybridized carbons (Fsp3) is 0.450. The van der Waals surface area contributed by atoms with Gasteiger partial charge in [-0.15, -0.1) is 16.8 Å². The summed E-state index contributed by atoms with van der Waals surface area (Å²) in [6.45, 7) is 4.57. The standard InChI is InChI=1S/C20H25ClN4O2S/c1-2-12-25-18(13-27-17-11-7-6-10-16(17)21)23-24-20(25)28-14-19(26)22-15-8-4-3-5-9-15/h2,6-7,10-11,15H,1,3-5,8-9,12-14H2,(H,22,26). The van der Waals surface area contributed by atoms with Crippen LogP contribution in [0.4, 0.5) is 0 Å². The molecule has 150 valence electrons. The molecule has 1 heterocycles. The van der Waals surface area contributed by atoms with E-state index in [1.807, 2.05) is 22.8 Å². The maximum Gasteiger partial charge on any atom is 0.230 e. The molecule has 2 aromatic rings. The molecule has 1 N–H and O–H groups in total. The minimum atomic E-state index is 0.0407. The van der Waals surface area contributed by atoms with Crippen molar-refractivity contribution in [2.24, 2.45) is 0 Å². The van der Waals surface area contributed by atoms with Crippen LogP contribution in [0.15, 0.2) is 42.1 Å². The van der Waals surface area contributed by atoms with Crippen molar-refractivity contribution in [2.75, 3.05) is 5.75 Å². The number of nitrogens with zero attached hydrogens (tertiary/aromatic N) is 3. The summed E-state index contributed by atoms with van der Waals surface area (Å²) >= 11 is 7.51. The Morgan fingerprint density at radius 2 is 2.11 bits per heavy atom. The van der Waals surface area contributed by atoms with Crippen LogP contribution in [0, 0.1) is 0 Å². The fourth-order valence-corrected chi connectivity index (χ4v) is 4.16. The van der Waals surface area contributed by atoms with Crippen LogP contribution in [0.1, 0.15) is 37.9 Å². The van der Waals surface area contributed by atoms with E-state index < -0.39 is 0 Å². The summed E-state index contributed by atoms with van der Waals surface area (Å²) < 4.78 is 7.68. The van der Waals surface area contributed by atoms with Crippen LogP contribution in [0.25, 0.3) is 0 Å². The molecule has 8 heteroatoms. The maximum atomic E-state index is 12.3. The van der Waals surface area contributed by atoms with E-state index in [1.54, 1.807) is 12.1 Å². The molecule has 0 bridgehead atoms. The third-order valence-corrected chi connectivity index (χ3v) is 5.88. The molecule has 0 spiro atoms. The zero-order valence-corrected chi connectivity index (χ0v) is 17.3. The number of ether oxygens (including phenoxy) is 1. The van der Waals surface area contributed by atoms with Crippen molar-refractivity contribution >= 4 is 29.3 Å². The van der Waals surface area contributed by atoms with Gasteiger partial charge < -0.3 is 10.1 Å². The molecule has 0 radical (unpaired) electrons. The molecule has 1 aromatic heterocycles. The van der Waals surface area contributed by atoms with Gasteiger partial charge >= 0.3 is 0 Å². The van der Waals surface area contributed by atoms with Crippen LogP contribution in [-0.4, -0.2) is 32.5 Å². The van der Waals surface area contributed by atoms with E-state index in [0.717, 1.165) is 12.8 Å². The Morgan fingerprint density at radius 3 is 2.86 bits per heavy atom. The number of aromatic nitrogens is 3. The van der Waals surface area contributed by atoms with Gasteiger partial charge in [-0.2, -0.15) is 0 Å². The van der Waals surface area contributed by atoms with Gasteiger partial charge in [0.05, 0.1) is 10.8 Å². The Balaban J connectivity index is 1.57. The second kappa shape index (κ2) is 10.5. The number of rotatable bonds is 9. The van der Waals surface area contributed by atoms with Crippen molar-refractivity contribution < 1.29 is 9.53 Å². The molecule has 1 aliphatic rings. The number of benzene rings is 1. The quantitative estimate of drug-likeness (QED) is 0.485. The zero-order valence-electron chi connectivity index (χ0n) is 15.8. The van der Waals surface area contributed by atoms with Crippen LogP contribution in [0.2, 0.25) is 5.02 Å². The van der Waals surface area contributed by atoms with Crippen molar-refractivity contribution in [3.63, 3.8) is 0 Å². The van der Waals surface area contributed by atoms with Gasteiger partial charge in [0.15, 0.2) is 11.0 Å². The molecule has 0 saturated heterocycles. The molecule has 1 aliphatic carbocycles. The Morgan fingerprint density at radius 1 is 1.32 bits per heavy atom. The second-order valence-electron chi connectivity index (χ2n) is 6.71. The first-order valence-corrected chi connectivity index (χ1v) is 10.9. The summed E-state index contributed by atoms with van der Waals surface area (Å²) in [5, 5.41) is 12.8. The Bertz CT molecular complexity index is 805. The largest absolute Gasteiger partial charge is 0.484 e. The van der Waals surface area contributed by atoms with Gasteiger partial charge in [-0.3, -0.25) is 9.36 Å². The van der Waals surface area contributed by atoms with Crippen LogP contribution in [-0.2, 0) is 17.9 Å². The van der Waals surface area contributed by atoms with Crippen molar-refractivity contribution in [1.29, 1.82) is 0 Å². The number of allylic oxidation sites excluding steroid dienone is 1. The second-order valence-corrected chi connectivity index (χ2v) is 8.06. The molecule has 3 rings (SSSR count). The number of para-hydroxylation sites is 1.